The molecule has 1 heterocycles. The molecule has 2 atom stereocenters. The van der Waals surface area contributed by atoms with Gasteiger partial charge >= 0.3 is 0 Å². The van der Waals surface area contributed by atoms with Crippen LogP contribution >= 0.6 is 11.8 Å². The molecule has 0 bridgehead atoms. The van der Waals surface area contributed by atoms with Gasteiger partial charge in [0.1, 0.15) is 0 Å². The zero-order valence-electron chi connectivity index (χ0n) is 11.5. The van der Waals surface area contributed by atoms with E-state index in [9.17, 15) is 4.79 Å². The molecule has 0 aromatic rings. The fourth-order valence-electron chi connectivity index (χ4n) is 2.61. The average molecular weight is 258 g/mol. The fraction of sp³-hybridized carbons (Fsp3) is 0.923. The summed E-state index contributed by atoms with van der Waals surface area (Å²) < 4.78 is 0. The summed E-state index contributed by atoms with van der Waals surface area (Å²) in [7, 11) is 0. The molecule has 1 aliphatic heterocycles. The van der Waals surface area contributed by atoms with Gasteiger partial charge in [0.05, 0.1) is 5.41 Å². The normalized spacial score (nSPS) is 26.1. The Morgan fingerprint density at radius 3 is 2.12 bits per heavy atom. The van der Waals surface area contributed by atoms with Gasteiger partial charge in [-0.1, -0.05) is 27.7 Å². The van der Waals surface area contributed by atoms with E-state index in [1.54, 1.807) is 0 Å². The molecule has 1 rings (SSSR count). The lowest BCUT2D eigenvalue weighted by molar-refractivity contribution is -0.142. The number of carbonyl (C=O) groups is 1. The molecular weight excluding hydrogens is 232 g/mol. The van der Waals surface area contributed by atoms with Gasteiger partial charge in [0.15, 0.2) is 0 Å². The van der Waals surface area contributed by atoms with E-state index in [0.29, 0.717) is 17.0 Å². The summed E-state index contributed by atoms with van der Waals surface area (Å²) >= 11 is 1.97. The Labute approximate surface area is 109 Å². The number of amides is 1. The summed E-state index contributed by atoms with van der Waals surface area (Å²) in [6, 6.07) is 0. The first kappa shape index (κ1) is 14.8. The molecule has 0 aliphatic carbocycles. The Morgan fingerprint density at radius 2 is 1.76 bits per heavy atom. The van der Waals surface area contributed by atoms with Crippen molar-refractivity contribution in [3.8, 4) is 0 Å². The van der Waals surface area contributed by atoms with E-state index in [1.807, 2.05) is 16.7 Å². The smallest absolute Gasteiger partial charge is 0.230 e. The second-order valence-electron chi connectivity index (χ2n) is 5.16. The Bertz CT molecular complexity index is 248. The van der Waals surface area contributed by atoms with Crippen LogP contribution in [0.4, 0.5) is 0 Å². The lowest BCUT2D eigenvalue weighted by atomic mass is 9.81. The number of hydrogen-bond acceptors (Lipinski definition) is 3. The van der Waals surface area contributed by atoms with Gasteiger partial charge in [0, 0.05) is 30.1 Å². The number of carbonyl (C=O) groups excluding carboxylic acids is 1. The van der Waals surface area contributed by atoms with Gasteiger partial charge in [0.25, 0.3) is 0 Å². The summed E-state index contributed by atoms with van der Waals surface area (Å²) in [5.74, 6) is 0.268. The monoisotopic (exact) mass is 258 g/mol. The highest BCUT2D eigenvalue weighted by Crippen LogP contribution is 2.32. The third-order valence-corrected chi connectivity index (χ3v) is 5.13. The maximum absolute atomic E-state index is 12.6. The maximum Gasteiger partial charge on any atom is 0.230 e. The molecule has 0 spiro atoms. The van der Waals surface area contributed by atoms with Gasteiger partial charge in [-0.3, -0.25) is 4.79 Å². The number of nitrogens with two attached hydrogens (primary N) is 1. The van der Waals surface area contributed by atoms with E-state index in [0.717, 1.165) is 25.9 Å². The minimum Gasteiger partial charge on any atom is -0.340 e. The molecule has 0 aromatic carbocycles. The molecule has 4 heteroatoms. The lowest BCUT2D eigenvalue weighted by Crippen LogP contribution is -2.52. The molecule has 1 amide bonds. The minimum absolute atomic E-state index is 0.268. The molecule has 2 N–H and O–H groups in total. The standard InChI is InChI=1S/C13H26N2OS/c1-5-13(6-2,9-14)12(16)15-7-10(3)17-11(4)8-15/h10-11H,5-9,14H2,1-4H3. The van der Waals surface area contributed by atoms with Gasteiger partial charge in [-0.25, -0.2) is 0 Å². The van der Waals surface area contributed by atoms with Gasteiger partial charge in [-0.2, -0.15) is 11.8 Å². The first-order valence-corrected chi connectivity index (χ1v) is 7.58. The van der Waals surface area contributed by atoms with E-state index in [2.05, 4.69) is 27.7 Å². The zero-order chi connectivity index (χ0) is 13.1. The average Bonchev–Trinajstić information content (AvgIpc) is 2.30. The Hall–Kier alpha value is -0.220. The lowest BCUT2D eigenvalue weighted by Gasteiger charge is -2.40. The molecule has 1 fully saturated rings. The summed E-state index contributed by atoms with van der Waals surface area (Å²) in [6.45, 7) is 10.7. The molecule has 1 saturated heterocycles. The van der Waals surface area contributed by atoms with Crippen LogP contribution in [0, 0.1) is 5.41 Å². The van der Waals surface area contributed by atoms with Gasteiger partial charge in [-0.05, 0) is 12.8 Å². The highest BCUT2D eigenvalue weighted by Gasteiger charge is 2.39. The number of hydrogen-bond donors (Lipinski definition) is 1. The molecule has 17 heavy (non-hydrogen) atoms. The number of thioether (sulfide) groups is 1. The van der Waals surface area contributed by atoms with E-state index in [-0.39, 0.29) is 11.3 Å². The Kier molecular flexibility index (Phi) is 5.32. The first-order chi connectivity index (χ1) is 7.99. The van der Waals surface area contributed by atoms with Crippen molar-refractivity contribution in [2.75, 3.05) is 19.6 Å². The second-order valence-corrected chi connectivity index (χ2v) is 7.04. The molecular formula is C13H26N2OS. The predicted octanol–water partition coefficient (Wildman–Crippen LogP) is 2.10. The summed E-state index contributed by atoms with van der Waals surface area (Å²) in [6.07, 6.45) is 1.68. The highest BCUT2D eigenvalue weighted by atomic mass is 32.2. The van der Waals surface area contributed by atoms with Gasteiger partial charge < -0.3 is 10.6 Å². The van der Waals surface area contributed by atoms with Crippen LogP contribution in [0.25, 0.3) is 0 Å². The molecule has 3 nitrogen and oxygen atoms in total. The van der Waals surface area contributed by atoms with E-state index < -0.39 is 0 Å². The maximum atomic E-state index is 12.6. The van der Waals surface area contributed by atoms with Crippen LogP contribution in [-0.4, -0.2) is 40.9 Å². The third-order valence-electron chi connectivity index (χ3n) is 3.90. The van der Waals surface area contributed by atoms with Crippen molar-refractivity contribution in [3.63, 3.8) is 0 Å². The molecule has 1 aliphatic rings. The van der Waals surface area contributed by atoms with Crippen molar-refractivity contribution in [1.29, 1.82) is 0 Å². The molecule has 0 radical (unpaired) electrons. The van der Waals surface area contributed by atoms with Crippen molar-refractivity contribution in [2.45, 2.75) is 51.0 Å². The van der Waals surface area contributed by atoms with Crippen LogP contribution < -0.4 is 5.73 Å². The highest BCUT2D eigenvalue weighted by molar-refractivity contribution is 8.00. The number of rotatable bonds is 4. The largest absolute Gasteiger partial charge is 0.340 e. The Morgan fingerprint density at radius 1 is 1.29 bits per heavy atom. The van der Waals surface area contributed by atoms with E-state index in [4.69, 9.17) is 5.73 Å². The summed E-state index contributed by atoms with van der Waals surface area (Å²) in [4.78, 5) is 14.7. The molecule has 100 valence electrons. The number of nitrogens with zero attached hydrogens (tertiary/aromatic N) is 1. The van der Waals surface area contributed by atoms with E-state index >= 15 is 0 Å². The van der Waals surface area contributed by atoms with Crippen LogP contribution in [0.1, 0.15) is 40.5 Å². The van der Waals surface area contributed by atoms with Crippen molar-refractivity contribution in [3.05, 3.63) is 0 Å². The first-order valence-electron chi connectivity index (χ1n) is 6.64. The topological polar surface area (TPSA) is 46.3 Å². The summed E-state index contributed by atoms with van der Waals surface area (Å²) in [5, 5.41) is 1.07. The van der Waals surface area contributed by atoms with Gasteiger partial charge in [0.2, 0.25) is 5.91 Å². The zero-order valence-corrected chi connectivity index (χ0v) is 12.3. The third kappa shape index (κ3) is 3.16. The predicted molar refractivity (Wildman–Crippen MR) is 75.2 cm³/mol. The SMILES string of the molecule is CCC(CC)(CN)C(=O)N1CC(C)SC(C)C1. The van der Waals surface area contributed by atoms with Crippen LogP contribution in [0.3, 0.4) is 0 Å². The molecule has 0 aromatic heterocycles. The molecule has 2 unspecified atom stereocenters. The Balaban J connectivity index is 2.80. The second kappa shape index (κ2) is 6.10. The fourth-order valence-corrected chi connectivity index (χ4v) is 3.93. The van der Waals surface area contributed by atoms with Crippen LogP contribution in [0.15, 0.2) is 0 Å². The van der Waals surface area contributed by atoms with Crippen LogP contribution in [0.2, 0.25) is 0 Å². The van der Waals surface area contributed by atoms with Crippen molar-refractivity contribution in [1.82, 2.24) is 4.90 Å². The minimum atomic E-state index is -0.332. The van der Waals surface area contributed by atoms with E-state index in [1.165, 1.54) is 0 Å². The van der Waals surface area contributed by atoms with Crippen molar-refractivity contribution >= 4 is 17.7 Å². The summed E-state index contributed by atoms with van der Waals surface area (Å²) in [5.41, 5.74) is 5.52. The van der Waals surface area contributed by atoms with Crippen LogP contribution in [0.5, 0.6) is 0 Å². The molecule has 0 saturated carbocycles. The quantitative estimate of drug-likeness (QED) is 0.840. The van der Waals surface area contributed by atoms with Crippen LogP contribution in [-0.2, 0) is 4.79 Å². The van der Waals surface area contributed by atoms with Gasteiger partial charge in [-0.15, -0.1) is 0 Å². The van der Waals surface area contributed by atoms with Crippen molar-refractivity contribution in [2.24, 2.45) is 11.1 Å². The van der Waals surface area contributed by atoms with Crippen molar-refractivity contribution < 1.29 is 4.79 Å².